The maximum absolute atomic E-state index is 6.07. The van der Waals surface area contributed by atoms with Gasteiger partial charge in [-0.1, -0.05) is 11.6 Å². The average molecular weight is 862 g/mol. The van der Waals surface area contributed by atoms with E-state index in [0.717, 1.165) is 4.34 Å². The van der Waals surface area contributed by atoms with Gasteiger partial charge in [0, 0.05) is 82.9 Å². The quantitative estimate of drug-likeness (QED) is 0.150. The molecule has 0 atom stereocenters. The van der Waals surface area contributed by atoms with E-state index >= 15 is 0 Å². The van der Waals surface area contributed by atoms with Crippen LogP contribution in [0.5, 0.6) is 0 Å². The molecule has 10 heteroatoms. The minimum absolute atomic E-state index is 0.865. The smallest absolute Gasteiger partial charge is 0.0937 e. The molecule has 0 spiro atoms. The Hall–Kier alpha value is -2.41. The van der Waals surface area contributed by atoms with Gasteiger partial charge in [0.2, 0.25) is 0 Å². The summed E-state index contributed by atoms with van der Waals surface area (Å²) in [6, 6.07) is 33.6. The SMILES string of the molecule is Cc1ccc(-c2ccc(-c3sc(-c4cc(C)c(-c5ccc(-c6ccc(C)s6)s5)s4)cc3C)s2)s1.Cc1ccc(-c2ccc(-c3sc(Cl)cc3C)s2)s1. The van der Waals surface area contributed by atoms with Crippen LogP contribution in [-0.2, 0) is 0 Å². The highest BCUT2D eigenvalue weighted by Gasteiger charge is 2.18. The Morgan fingerprint density at radius 2 is 0.577 bits per heavy atom. The first-order valence-electron chi connectivity index (χ1n) is 16.6. The normalized spacial score (nSPS) is 11.4. The van der Waals surface area contributed by atoms with Crippen molar-refractivity contribution in [2.24, 2.45) is 0 Å². The van der Waals surface area contributed by atoms with Gasteiger partial charge in [-0.05, 0) is 149 Å². The molecular formula is C42H33ClS9. The fourth-order valence-corrected chi connectivity index (χ4v) is 16.0. The van der Waals surface area contributed by atoms with Crippen LogP contribution >= 0.6 is 114 Å². The molecule has 9 aromatic heterocycles. The van der Waals surface area contributed by atoms with Crippen LogP contribution in [0.4, 0.5) is 0 Å². The molecule has 0 saturated heterocycles. The van der Waals surface area contributed by atoms with Crippen molar-refractivity contribution in [1.29, 1.82) is 0 Å². The molecule has 9 aromatic rings. The summed E-state index contributed by atoms with van der Waals surface area (Å²) in [4.78, 5) is 23.2. The number of rotatable bonds is 7. The highest BCUT2D eigenvalue weighted by atomic mass is 35.5. The average Bonchev–Trinajstić information content (AvgIpc) is 3.94. The standard InChI is InChI=1S/C28H22S6.C14H11ClS3/c1-15-13-25(33-27(15)23-11-9-21(31-23)19-7-5-17(3)29-19)26-14-16(2)28(34-26)24-12-10-22(32-24)20-8-6-18(4)30-20;1-8-7-13(15)18-14(8)12-6-5-11(17-12)10-4-3-9(2)16-10/h5-14H,1-4H3;3-7H,1-2H3. The number of hydrogen-bond acceptors (Lipinski definition) is 9. The highest BCUT2D eigenvalue weighted by molar-refractivity contribution is 7.31. The minimum atomic E-state index is 0.865. The second kappa shape index (κ2) is 15.4. The van der Waals surface area contributed by atoms with Gasteiger partial charge in [-0.25, -0.2) is 0 Å². The molecule has 0 fully saturated rings. The molecule has 0 nitrogen and oxygen atoms in total. The molecule has 0 radical (unpaired) electrons. The largest absolute Gasteiger partial charge is 0.140 e. The Balaban J connectivity index is 0.000000181. The van der Waals surface area contributed by atoms with Crippen molar-refractivity contribution in [3.63, 3.8) is 0 Å². The van der Waals surface area contributed by atoms with Gasteiger partial charge in [-0.2, -0.15) is 0 Å². The molecule has 0 aromatic carbocycles. The summed E-state index contributed by atoms with van der Waals surface area (Å²) in [6.07, 6.45) is 0. The second-order valence-corrected chi connectivity index (χ2v) is 23.4. The Labute approximate surface area is 346 Å². The fourth-order valence-electron chi connectivity index (χ4n) is 5.86. The van der Waals surface area contributed by atoms with Crippen molar-refractivity contribution in [3.05, 3.63) is 127 Å². The van der Waals surface area contributed by atoms with E-state index in [1.54, 1.807) is 11.3 Å². The third-order valence-electron chi connectivity index (χ3n) is 8.41. The first-order chi connectivity index (χ1) is 25.1. The number of halogens is 1. The van der Waals surface area contributed by atoms with Gasteiger partial charge in [0.05, 0.1) is 4.34 Å². The maximum atomic E-state index is 6.07. The summed E-state index contributed by atoms with van der Waals surface area (Å²) in [6.45, 7) is 13.1. The lowest BCUT2D eigenvalue weighted by molar-refractivity contribution is 1.54. The third-order valence-corrected chi connectivity index (χ3v) is 19.8. The van der Waals surface area contributed by atoms with Crippen molar-refractivity contribution in [2.75, 3.05) is 0 Å². The molecule has 0 N–H and O–H groups in total. The van der Waals surface area contributed by atoms with Crippen LogP contribution in [0.1, 0.15) is 31.3 Å². The van der Waals surface area contributed by atoms with Crippen LogP contribution in [-0.4, -0.2) is 0 Å². The Morgan fingerprint density at radius 1 is 0.288 bits per heavy atom. The molecule has 0 aliphatic carbocycles. The first kappa shape index (κ1) is 36.6. The zero-order chi connectivity index (χ0) is 36.1. The minimum Gasteiger partial charge on any atom is -0.140 e. The number of aryl methyl sites for hydroxylation is 6. The predicted molar refractivity (Wildman–Crippen MR) is 245 cm³/mol. The lowest BCUT2D eigenvalue weighted by Crippen LogP contribution is -1.67. The second-order valence-electron chi connectivity index (χ2n) is 12.5. The van der Waals surface area contributed by atoms with Crippen molar-refractivity contribution >= 4 is 114 Å². The van der Waals surface area contributed by atoms with E-state index in [1.807, 2.05) is 96.8 Å². The van der Waals surface area contributed by atoms with Crippen LogP contribution in [0.3, 0.4) is 0 Å². The summed E-state index contributed by atoms with van der Waals surface area (Å²) in [5, 5.41) is 0. The van der Waals surface area contributed by atoms with Gasteiger partial charge in [-0.15, -0.1) is 102 Å². The van der Waals surface area contributed by atoms with E-state index in [9.17, 15) is 0 Å². The molecule has 9 rings (SSSR count). The summed E-state index contributed by atoms with van der Waals surface area (Å²) in [5.74, 6) is 0. The summed E-state index contributed by atoms with van der Waals surface area (Å²) >= 11 is 22.9. The molecule has 0 aliphatic rings. The lowest BCUT2D eigenvalue weighted by atomic mass is 10.2. The highest BCUT2D eigenvalue weighted by Crippen LogP contribution is 2.48. The number of hydrogen-bond donors (Lipinski definition) is 0. The monoisotopic (exact) mass is 860 g/mol. The van der Waals surface area contributed by atoms with E-state index < -0.39 is 0 Å². The number of thiophene rings is 9. The summed E-state index contributed by atoms with van der Waals surface area (Å²) < 4.78 is 0.865. The molecule has 0 saturated carbocycles. The molecule has 9 heterocycles. The van der Waals surface area contributed by atoms with Crippen LogP contribution < -0.4 is 0 Å². The Bertz CT molecular complexity index is 2510. The van der Waals surface area contributed by atoms with Gasteiger partial charge in [-0.3, -0.25) is 0 Å². The van der Waals surface area contributed by atoms with E-state index in [2.05, 4.69) is 126 Å². The van der Waals surface area contributed by atoms with Crippen LogP contribution in [0.15, 0.2) is 91.0 Å². The van der Waals surface area contributed by atoms with Crippen LogP contribution in [0.25, 0.3) is 68.3 Å². The van der Waals surface area contributed by atoms with Gasteiger partial charge in [0.15, 0.2) is 0 Å². The van der Waals surface area contributed by atoms with Crippen LogP contribution in [0.2, 0.25) is 4.34 Å². The summed E-state index contributed by atoms with van der Waals surface area (Å²) in [7, 11) is 0. The van der Waals surface area contributed by atoms with E-state index in [1.165, 1.54) is 99.6 Å². The van der Waals surface area contributed by atoms with Crippen molar-refractivity contribution < 1.29 is 0 Å². The van der Waals surface area contributed by atoms with Gasteiger partial charge < -0.3 is 0 Å². The zero-order valence-electron chi connectivity index (χ0n) is 29.2. The van der Waals surface area contributed by atoms with Crippen LogP contribution in [0, 0.1) is 41.5 Å². The maximum Gasteiger partial charge on any atom is 0.0937 e. The van der Waals surface area contributed by atoms with E-state index in [-0.39, 0.29) is 0 Å². The van der Waals surface area contributed by atoms with Gasteiger partial charge in [0.1, 0.15) is 0 Å². The lowest BCUT2D eigenvalue weighted by Gasteiger charge is -1.94. The topological polar surface area (TPSA) is 0 Å². The molecule has 0 unspecified atom stereocenters. The zero-order valence-corrected chi connectivity index (χ0v) is 37.3. The van der Waals surface area contributed by atoms with E-state index in [0.29, 0.717) is 0 Å². The molecule has 262 valence electrons. The Morgan fingerprint density at radius 3 is 0.885 bits per heavy atom. The Kier molecular flexibility index (Phi) is 10.8. The van der Waals surface area contributed by atoms with Crippen molar-refractivity contribution in [2.45, 2.75) is 41.5 Å². The van der Waals surface area contributed by atoms with Crippen molar-refractivity contribution in [1.82, 2.24) is 0 Å². The molecular weight excluding hydrogens is 829 g/mol. The summed E-state index contributed by atoms with van der Waals surface area (Å²) in [5.41, 5.74) is 4.01. The molecule has 0 amide bonds. The van der Waals surface area contributed by atoms with Crippen molar-refractivity contribution in [3.8, 4) is 68.3 Å². The predicted octanol–water partition coefficient (Wildman–Crippen LogP) is 18.1. The molecule has 0 bridgehead atoms. The first-order valence-corrected chi connectivity index (χ1v) is 24.3. The van der Waals surface area contributed by atoms with E-state index in [4.69, 9.17) is 11.6 Å². The molecule has 0 aliphatic heterocycles. The molecule has 52 heavy (non-hydrogen) atoms. The third kappa shape index (κ3) is 7.73. The fraction of sp³-hybridized carbons (Fsp3) is 0.143. The van der Waals surface area contributed by atoms with Gasteiger partial charge in [0.25, 0.3) is 0 Å². The van der Waals surface area contributed by atoms with Gasteiger partial charge >= 0.3 is 0 Å².